The average molecular weight is 408 g/mol. The van der Waals surface area contributed by atoms with Gasteiger partial charge in [0.15, 0.2) is 0 Å². The zero-order valence-corrected chi connectivity index (χ0v) is 16.0. The summed E-state index contributed by atoms with van der Waals surface area (Å²) in [5.74, 6) is 0.0891. The van der Waals surface area contributed by atoms with Crippen molar-refractivity contribution in [2.45, 2.75) is 19.8 Å². The molecule has 0 aliphatic carbocycles. The highest BCUT2D eigenvalue weighted by molar-refractivity contribution is 9.10. The van der Waals surface area contributed by atoms with Crippen molar-refractivity contribution in [1.82, 2.24) is 9.88 Å². The molecule has 6 nitrogen and oxygen atoms in total. The number of methoxy groups -OCH3 is 1. The first-order valence-electron chi connectivity index (χ1n) is 8.39. The highest BCUT2D eigenvalue weighted by Gasteiger charge is 2.22. The van der Waals surface area contributed by atoms with E-state index in [4.69, 9.17) is 4.74 Å². The van der Waals surface area contributed by atoms with E-state index in [1.54, 1.807) is 0 Å². The fourth-order valence-corrected chi connectivity index (χ4v) is 3.51. The minimum absolute atomic E-state index is 0.124. The topological polar surface area (TPSA) is 74.4 Å². The van der Waals surface area contributed by atoms with Crippen molar-refractivity contribution in [3.05, 3.63) is 28.4 Å². The Labute approximate surface area is 155 Å². The normalized spacial score (nSPS) is 16.1. The average Bonchev–Trinajstić information content (AvgIpc) is 2.94. The van der Waals surface area contributed by atoms with Crippen LogP contribution >= 0.6 is 15.9 Å². The van der Waals surface area contributed by atoms with Crippen LogP contribution < -0.4 is 5.32 Å². The van der Waals surface area contributed by atoms with E-state index in [1.165, 1.54) is 7.11 Å². The number of ether oxygens (including phenoxy) is 1. The number of carbonyl (C=O) groups is 2. The molecule has 1 aliphatic heterocycles. The summed E-state index contributed by atoms with van der Waals surface area (Å²) in [6, 6.07) is 5.60. The number of esters is 1. The molecule has 25 heavy (non-hydrogen) atoms. The molecule has 134 valence electrons. The second kappa shape index (κ2) is 7.58. The summed E-state index contributed by atoms with van der Waals surface area (Å²) in [6.07, 6.45) is 2.22. The van der Waals surface area contributed by atoms with Gasteiger partial charge in [0, 0.05) is 15.4 Å². The van der Waals surface area contributed by atoms with Gasteiger partial charge < -0.3 is 15.0 Å². The van der Waals surface area contributed by atoms with Crippen LogP contribution in [0, 0.1) is 5.92 Å². The van der Waals surface area contributed by atoms with Gasteiger partial charge in [-0.15, -0.1) is 0 Å². The molecule has 3 rings (SSSR count). The number of nitrogens with one attached hydrogen (secondary N) is 2. The van der Waals surface area contributed by atoms with Gasteiger partial charge in [-0.1, -0.05) is 22.9 Å². The molecule has 1 saturated heterocycles. The molecule has 0 saturated carbocycles. The van der Waals surface area contributed by atoms with Crippen LogP contribution in [0.15, 0.2) is 22.7 Å². The second-order valence-corrected chi connectivity index (χ2v) is 7.48. The van der Waals surface area contributed by atoms with E-state index in [-0.39, 0.29) is 11.6 Å². The highest BCUT2D eigenvalue weighted by Crippen LogP contribution is 2.31. The summed E-state index contributed by atoms with van der Waals surface area (Å²) in [6.45, 7) is 4.42. The van der Waals surface area contributed by atoms with Gasteiger partial charge >= 0.3 is 5.97 Å². The van der Waals surface area contributed by atoms with Gasteiger partial charge in [-0.2, -0.15) is 0 Å². The van der Waals surface area contributed by atoms with E-state index in [0.717, 1.165) is 47.2 Å². The van der Waals surface area contributed by atoms with Crippen molar-refractivity contribution in [1.29, 1.82) is 0 Å². The standard InChI is InChI=1S/C18H22BrN3O3/c1-11-5-7-22(8-6-11)10-15(23)21-16-13-9-12(19)3-4-14(13)20-17(16)18(24)25-2/h3-4,9,11,20H,5-8,10H2,1-2H3,(H,21,23). The molecule has 1 aromatic heterocycles. The number of aromatic nitrogens is 1. The fourth-order valence-electron chi connectivity index (χ4n) is 3.15. The van der Waals surface area contributed by atoms with Gasteiger partial charge in [0.2, 0.25) is 5.91 Å². The van der Waals surface area contributed by atoms with Crippen LogP contribution in [0.1, 0.15) is 30.3 Å². The van der Waals surface area contributed by atoms with Gasteiger partial charge in [0.05, 0.1) is 19.3 Å². The van der Waals surface area contributed by atoms with Crippen molar-refractivity contribution >= 4 is 44.4 Å². The Bertz CT molecular complexity index is 794. The molecule has 7 heteroatoms. The van der Waals surface area contributed by atoms with E-state index in [2.05, 4.69) is 38.1 Å². The van der Waals surface area contributed by atoms with Crippen LogP contribution in [0.5, 0.6) is 0 Å². The zero-order valence-electron chi connectivity index (χ0n) is 14.4. The number of likely N-dealkylation sites (tertiary alicyclic amines) is 1. The van der Waals surface area contributed by atoms with Crippen LogP contribution in [-0.2, 0) is 9.53 Å². The maximum atomic E-state index is 12.5. The minimum Gasteiger partial charge on any atom is -0.464 e. The van der Waals surface area contributed by atoms with Gasteiger partial charge in [0.1, 0.15) is 5.69 Å². The summed E-state index contributed by atoms with van der Waals surface area (Å²) in [7, 11) is 1.32. The van der Waals surface area contributed by atoms with Gasteiger partial charge in [-0.05, 0) is 50.0 Å². The first-order valence-corrected chi connectivity index (χ1v) is 9.19. The van der Waals surface area contributed by atoms with Gasteiger partial charge in [-0.3, -0.25) is 9.69 Å². The van der Waals surface area contributed by atoms with Crippen LogP contribution in [0.2, 0.25) is 0 Å². The number of amides is 1. The number of hydrogen-bond donors (Lipinski definition) is 2. The SMILES string of the molecule is COC(=O)c1[nH]c2ccc(Br)cc2c1NC(=O)CN1CCC(C)CC1. The lowest BCUT2D eigenvalue weighted by molar-refractivity contribution is -0.117. The summed E-state index contributed by atoms with van der Waals surface area (Å²) >= 11 is 3.43. The Morgan fingerprint density at radius 1 is 1.36 bits per heavy atom. The number of halogens is 1. The number of rotatable bonds is 4. The summed E-state index contributed by atoms with van der Waals surface area (Å²) in [5, 5.41) is 3.67. The molecular weight excluding hydrogens is 386 g/mol. The Hall–Kier alpha value is -1.86. The molecule has 0 atom stereocenters. The third-order valence-corrected chi connectivity index (χ3v) is 5.15. The van der Waals surface area contributed by atoms with Crippen LogP contribution in [0.4, 0.5) is 5.69 Å². The Kier molecular flexibility index (Phi) is 5.44. The summed E-state index contributed by atoms with van der Waals surface area (Å²) < 4.78 is 5.71. The Morgan fingerprint density at radius 2 is 2.08 bits per heavy atom. The van der Waals surface area contributed by atoms with E-state index in [9.17, 15) is 9.59 Å². The predicted molar refractivity (Wildman–Crippen MR) is 101 cm³/mol. The molecule has 1 fully saturated rings. The number of piperidine rings is 1. The summed E-state index contributed by atoms with van der Waals surface area (Å²) in [5.41, 5.74) is 1.50. The maximum absolute atomic E-state index is 12.5. The van der Waals surface area contributed by atoms with E-state index >= 15 is 0 Å². The quantitative estimate of drug-likeness (QED) is 0.761. The van der Waals surface area contributed by atoms with Crippen molar-refractivity contribution < 1.29 is 14.3 Å². The predicted octanol–water partition coefficient (Wildman–Crippen LogP) is 3.39. The molecule has 0 bridgehead atoms. The largest absolute Gasteiger partial charge is 0.464 e. The molecule has 1 aliphatic rings. The van der Waals surface area contributed by atoms with Crippen LogP contribution in [0.25, 0.3) is 10.9 Å². The monoisotopic (exact) mass is 407 g/mol. The zero-order chi connectivity index (χ0) is 18.0. The lowest BCUT2D eigenvalue weighted by Gasteiger charge is -2.29. The molecule has 2 aromatic rings. The Morgan fingerprint density at radius 3 is 2.76 bits per heavy atom. The third kappa shape index (κ3) is 4.04. The first-order chi connectivity index (χ1) is 12.0. The third-order valence-electron chi connectivity index (χ3n) is 4.66. The number of fused-ring (bicyclic) bond motifs is 1. The minimum atomic E-state index is -0.505. The van der Waals surface area contributed by atoms with E-state index in [1.807, 2.05) is 18.2 Å². The van der Waals surface area contributed by atoms with Crippen molar-refractivity contribution in [3.63, 3.8) is 0 Å². The summed E-state index contributed by atoms with van der Waals surface area (Å²) in [4.78, 5) is 29.8. The molecule has 1 amide bonds. The number of H-pyrrole nitrogens is 1. The van der Waals surface area contributed by atoms with Gasteiger partial charge in [0.25, 0.3) is 0 Å². The first kappa shape index (κ1) is 17.9. The molecule has 0 radical (unpaired) electrons. The lowest BCUT2D eigenvalue weighted by atomic mass is 9.99. The molecule has 1 aromatic carbocycles. The van der Waals surface area contributed by atoms with Crippen molar-refractivity contribution in [2.75, 3.05) is 32.1 Å². The number of benzene rings is 1. The smallest absolute Gasteiger partial charge is 0.356 e. The molecule has 0 unspecified atom stereocenters. The fraction of sp³-hybridized carbons (Fsp3) is 0.444. The molecular formula is C18H22BrN3O3. The number of aromatic amines is 1. The van der Waals surface area contributed by atoms with Gasteiger partial charge in [-0.25, -0.2) is 4.79 Å². The number of anilines is 1. The van der Waals surface area contributed by atoms with E-state index < -0.39 is 5.97 Å². The lowest BCUT2D eigenvalue weighted by Crippen LogP contribution is -2.38. The Balaban J connectivity index is 1.82. The van der Waals surface area contributed by atoms with Crippen molar-refractivity contribution in [3.8, 4) is 0 Å². The molecule has 2 N–H and O–H groups in total. The number of nitrogens with zero attached hydrogens (tertiary/aromatic N) is 1. The second-order valence-electron chi connectivity index (χ2n) is 6.56. The van der Waals surface area contributed by atoms with E-state index in [0.29, 0.717) is 12.2 Å². The number of hydrogen-bond acceptors (Lipinski definition) is 4. The highest BCUT2D eigenvalue weighted by atomic mass is 79.9. The number of carbonyl (C=O) groups excluding carboxylic acids is 2. The van der Waals surface area contributed by atoms with Crippen LogP contribution in [-0.4, -0.2) is 48.5 Å². The van der Waals surface area contributed by atoms with Crippen LogP contribution in [0.3, 0.4) is 0 Å². The van der Waals surface area contributed by atoms with Crippen molar-refractivity contribution in [2.24, 2.45) is 5.92 Å². The molecule has 0 spiro atoms. The molecule has 2 heterocycles. The maximum Gasteiger partial charge on any atom is 0.356 e.